The van der Waals surface area contributed by atoms with E-state index < -0.39 is 0 Å². The summed E-state index contributed by atoms with van der Waals surface area (Å²) in [4.78, 5) is 0. The molecule has 14 heavy (non-hydrogen) atoms. The van der Waals surface area contributed by atoms with Gasteiger partial charge in [0.15, 0.2) is 0 Å². The van der Waals surface area contributed by atoms with Gasteiger partial charge in [-0.1, -0.05) is 60.7 Å². The molecule has 0 heterocycles. The second-order valence-corrected chi connectivity index (χ2v) is 3.40. The summed E-state index contributed by atoms with van der Waals surface area (Å²) in [6.45, 7) is 0. The van der Waals surface area contributed by atoms with Gasteiger partial charge in [0.2, 0.25) is 0 Å². The van der Waals surface area contributed by atoms with Crippen LogP contribution >= 0.6 is 0 Å². The maximum Gasteiger partial charge on any atom is -0.00882 e. The van der Waals surface area contributed by atoms with Gasteiger partial charge >= 0.3 is 0 Å². The van der Waals surface area contributed by atoms with E-state index in [-0.39, 0.29) is 0 Å². The zero-order valence-corrected chi connectivity index (χ0v) is 8.19. The fraction of sp³-hybridized carbons (Fsp3) is 0.143. The fourth-order valence-electron chi connectivity index (χ4n) is 1.59. The van der Waals surface area contributed by atoms with Gasteiger partial charge < -0.3 is 0 Å². The van der Waals surface area contributed by atoms with Crippen molar-refractivity contribution in [3.05, 3.63) is 65.8 Å². The van der Waals surface area contributed by atoms with Gasteiger partial charge in [-0.05, 0) is 24.0 Å². The first-order valence-electron chi connectivity index (χ1n) is 5.03. The summed E-state index contributed by atoms with van der Waals surface area (Å²) in [5.41, 5.74) is 2.84. The van der Waals surface area contributed by atoms with E-state index >= 15 is 0 Å². The standard InChI is InChI=1S/C9H8.C5H6/c1-2-5-9-7-3-6-8(9)4-1;1-2-4-5-3-1/h1-6H,7H2;1-4H,5H2. The van der Waals surface area contributed by atoms with Gasteiger partial charge in [-0.2, -0.15) is 0 Å². The molecule has 0 unspecified atom stereocenters. The molecule has 0 aromatic heterocycles. The van der Waals surface area contributed by atoms with Gasteiger partial charge in [0, 0.05) is 0 Å². The highest BCUT2D eigenvalue weighted by Crippen LogP contribution is 2.17. The molecular formula is C14H14. The Morgan fingerprint density at radius 3 is 2.29 bits per heavy atom. The molecule has 1 aromatic carbocycles. The Morgan fingerprint density at radius 2 is 1.64 bits per heavy atom. The molecule has 0 saturated carbocycles. The van der Waals surface area contributed by atoms with Gasteiger partial charge in [0.1, 0.15) is 0 Å². The predicted molar refractivity (Wildman–Crippen MR) is 62.1 cm³/mol. The summed E-state index contributed by atoms with van der Waals surface area (Å²) >= 11 is 0. The maximum absolute atomic E-state index is 2.20. The van der Waals surface area contributed by atoms with Crippen molar-refractivity contribution in [3.63, 3.8) is 0 Å². The van der Waals surface area contributed by atoms with Crippen molar-refractivity contribution in [2.24, 2.45) is 0 Å². The Morgan fingerprint density at radius 1 is 0.857 bits per heavy atom. The summed E-state index contributed by atoms with van der Waals surface area (Å²) in [7, 11) is 0. The average Bonchev–Trinajstić information content (AvgIpc) is 2.92. The molecule has 0 saturated heterocycles. The quantitative estimate of drug-likeness (QED) is 0.573. The summed E-state index contributed by atoms with van der Waals surface area (Å²) in [5, 5.41) is 0. The average molecular weight is 182 g/mol. The van der Waals surface area contributed by atoms with E-state index in [1.165, 1.54) is 11.1 Å². The smallest absolute Gasteiger partial charge is 0.00882 e. The second kappa shape index (κ2) is 4.61. The Balaban J connectivity index is 0.000000128. The van der Waals surface area contributed by atoms with Crippen molar-refractivity contribution >= 4 is 6.08 Å². The molecule has 0 fully saturated rings. The van der Waals surface area contributed by atoms with Crippen molar-refractivity contribution in [2.45, 2.75) is 12.8 Å². The molecule has 0 bridgehead atoms. The molecule has 70 valence electrons. The van der Waals surface area contributed by atoms with Gasteiger partial charge in [-0.25, -0.2) is 0 Å². The minimum atomic E-state index is 1.12. The molecule has 0 spiro atoms. The number of benzene rings is 1. The van der Waals surface area contributed by atoms with Crippen LogP contribution in [0.1, 0.15) is 17.5 Å². The molecule has 0 aliphatic heterocycles. The van der Waals surface area contributed by atoms with Crippen molar-refractivity contribution in [1.29, 1.82) is 0 Å². The van der Waals surface area contributed by atoms with Crippen molar-refractivity contribution in [2.75, 3.05) is 0 Å². The van der Waals surface area contributed by atoms with Gasteiger partial charge in [0.05, 0.1) is 0 Å². The van der Waals surface area contributed by atoms with Crippen LogP contribution in [0.2, 0.25) is 0 Å². The third-order valence-corrected chi connectivity index (χ3v) is 2.35. The van der Waals surface area contributed by atoms with Crippen molar-refractivity contribution < 1.29 is 0 Å². The van der Waals surface area contributed by atoms with E-state index in [9.17, 15) is 0 Å². The first kappa shape index (κ1) is 9.01. The Bertz CT molecular complexity index is 371. The summed E-state index contributed by atoms with van der Waals surface area (Å²) < 4.78 is 0. The van der Waals surface area contributed by atoms with Crippen LogP contribution in [0.4, 0.5) is 0 Å². The van der Waals surface area contributed by atoms with Crippen molar-refractivity contribution in [1.82, 2.24) is 0 Å². The lowest BCUT2D eigenvalue weighted by Crippen LogP contribution is -1.76. The highest BCUT2D eigenvalue weighted by Gasteiger charge is 2.00. The first-order chi connectivity index (χ1) is 6.97. The van der Waals surface area contributed by atoms with Crippen LogP contribution in [0.15, 0.2) is 54.6 Å². The Hall–Kier alpha value is -1.56. The van der Waals surface area contributed by atoms with E-state index in [2.05, 4.69) is 60.7 Å². The molecule has 3 rings (SSSR count). The second-order valence-electron chi connectivity index (χ2n) is 3.40. The third kappa shape index (κ3) is 2.23. The summed E-state index contributed by atoms with van der Waals surface area (Å²) in [6, 6.07) is 8.49. The van der Waals surface area contributed by atoms with Gasteiger partial charge in [0.25, 0.3) is 0 Å². The predicted octanol–water partition coefficient (Wildman–Crippen LogP) is 3.76. The van der Waals surface area contributed by atoms with Crippen LogP contribution in [0.25, 0.3) is 6.08 Å². The fourth-order valence-corrected chi connectivity index (χ4v) is 1.59. The monoisotopic (exact) mass is 182 g/mol. The topological polar surface area (TPSA) is 0 Å². The van der Waals surface area contributed by atoms with E-state index in [1.807, 2.05) is 0 Å². The van der Waals surface area contributed by atoms with Gasteiger partial charge in [-0.3, -0.25) is 0 Å². The molecular weight excluding hydrogens is 168 g/mol. The lowest BCUT2D eigenvalue weighted by molar-refractivity contribution is 1.31. The summed E-state index contributed by atoms with van der Waals surface area (Å²) in [6.07, 6.45) is 15.0. The molecule has 0 amide bonds. The molecule has 0 N–H and O–H groups in total. The van der Waals surface area contributed by atoms with Crippen LogP contribution in [0.3, 0.4) is 0 Å². The third-order valence-electron chi connectivity index (χ3n) is 2.35. The molecule has 0 heteroatoms. The SMILES string of the molecule is C1=CCC=C1.C1=Cc2ccccc2C1. The van der Waals surface area contributed by atoms with Crippen molar-refractivity contribution in [3.8, 4) is 0 Å². The molecule has 1 aromatic rings. The van der Waals surface area contributed by atoms with Crippen LogP contribution in [0.5, 0.6) is 0 Å². The highest BCUT2D eigenvalue weighted by atomic mass is 14.0. The first-order valence-corrected chi connectivity index (χ1v) is 5.03. The van der Waals surface area contributed by atoms with Crippen LogP contribution in [0, 0.1) is 0 Å². The zero-order chi connectivity index (χ0) is 9.64. The lowest BCUT2D eigenvalue weighted by atomic mass is 10.1. The van der Waals surface area contributed by atoms with Crippen LogP contribution < -0.4 is 0 Å². The maximum atomic E-state index is 2.20. The van der Waals surface area contributed by atoms with E-state index in [0.717, 1.165) is 12.8 Å². The van der Waals surface area contributed by atoms with E-state index in [1.54, 1.807) is 0 Å². The molecule has 0 radical (unpaired) electrons. The number of allylic oxidation sites excluding steroid dienone is 5. The Kier molecular flexibility index (Phi) is 2.97. The molecule has 2 aliphatic rings. The van der Waals surface area contributed by atoms with Gasteiger partial charge in [-0.15, -0.1) is 0 Å². The normalized spacial score (nSPS) is 15.1. The number of hydrogen-bond donors (Lipinski definition) is 0. The number of hydrogen-bond acceptors (Lipinski definition) is 0. The number of fused-ring (bicyclic) bond motifs is 1. The number of rotatable bonds is 0. The Labute approximate surface area is 85.3 Å². The molecule has 2 aliphatic carbocycles. The zero-order valence-electron chi connectivity index (χ0n) is 8.19. The van der Waals surface area contributed by atoms with Crippen LogP contribution in [-0.4, -0.2) is 0 Å². The highest BCUT2D eigenvalue weighted by molar-refractivity contribution is 5.59. The molecule has 0 atom stereocenters. The molecule has 0 nitrogen and oxygen atoms in total. The van der Waals surface area contributed by atoms with Crippen LogP contribution in [-0.2, 0) is 6.42 Å². The van der Waals surface area contributed by atoms with E-state index in [0.29, 0.717) is 0 Å². The summed E-state index contributed by atoms with van der Waals surface area (Å²) in [5.74, 6) is 0. The van der Waals surface area contributed by atoms with E-state index in [4.69, 9.17) is 0 Å². The largest absolute Gasteiger partial charge is 0.0808 e. The lowest BCUT2D eigenvalue weighted by Gasteiger charge is -1.93. The minimum Gasteiger partial charge on any atom is -0.0808 e. The minimum absolute atomic E-state index is 1.12.